The number of carbonyl (C=O) groups is 1. The molecule has 7 heteroatoms. The van der Waals surface area contributed by atoms with Gasteiger partial charge in [0.25, 0.3) is 0 Å². The molecular weight excluding hydrogens is 289 g/mol. The van der Waals surface area contributed by atoms with Crippen LogP contribution >= 0.6 is 0 Å². The maximum absolute atomic E-state index is 13.3. The highest BCUT2D eigenvalue weighted by Crippen LogP contribution is 2.19. The van der Waals surface area contributed by atoms with Gasteiger partial charge < -0.3 is 9.47 Å². The lowest BCUT2D eigenvalue weighted by Crippen LogP contribution is -2.22. The van der Waals surface area contributed by atoms with Gasteiger partial charge in [-0.2, -0.15) is 0 Å². The zero-order chi connectivity index (χ0) is 16.3. The zero-order valence-electron chi connectivity index (χ0n) is 13.0. The van der Waals surface area contributed by atoms with E-state index < -0.39 is 11.8 Å². The monoisotopic (exact) mass is 307 g/mol. The van der Waals surface area contributed by atoms with Gasteiger partial charge in [0, 0.05) is 0 Å². The van der Waals surface area contributed by atoms with E-state index in [0.29, 0.717) is 5.56 Å². The molecule has 1 heterocycles. The molecule has 0 N–H and O–H groups in total. The van der Waals surface area contributed by atoms with Crippen LogP contribution < -0.4 is 4.74 Å². The predicted octanol–water partition coefficient (Wildman–Crippen LogP) is 2.54. The Morgan fingerprint density at radius 1 is 1.36 bits per heavy atom. The molecule has 2 rings (SSSR count). The molecule has 0 saturated carbocycles. The summed E-state index contributed by atoms with van der Waals surface area (Å²) in [6.45, 7) is 5.84. The molecule has 0 amide bonds. The fraction of sp³-hybridized carbons (Fsp3) is 0.400. The maximum atomic E-state index is 13.3. The third kappa shape index (κ3) is 3.60. The lowest BCUT2D eigenvalue weighted by atomic mass is 10.1. The summed E-state index contributed by atoms with van der Waals surface area (Å²) in [5.41, 5.74) is 0.481. The predicted molar refractivity (Wildman–Crippen MR) is 77.1 cm³/mol. The van der Waals surface area contributed by atoms with Crippen molar-refractivity contribution in [3.8, 4) is 5.75 Å². The van der Waals surface area contributed by atoms with E-state index in [-0.39, 0.29) is 23.6 Å². The highest BCUT2D eigenvalue weighted by atomic mass is 19.1. The van der Waals surface area contributed by atoms with E-state index in [9.17, 15) is 9.18 Å². The van der Waals surface area contributed by atoms with Crippen LogP contribution in [0.25, 0.3) is 0 Å². The molecule has 0 unspecified atom stereocenters. The highest BCUT2D eigenvalue weighted by Gasteiger charge is 2.19. The number of hydrogen-bond acceptors (Lipinski definition) is 5. The fourth-order valence-corrected chi connectivity index (χ4v) is 1.70. The molecule has 0 aliphatic rings. The van der Waals surface area contributed by atoms with E-state index in [1.54, 1.807) is 4.68 Å². The Balaban J connectivity index is 2.02. The summed E-state index contributed by atoms with van der Waals surface area (Å²) in [4.78, 5) is 11.9. The van der Waals surface area contributed by atoms with E-state index in [2.05, 4.69) is 10.3 Å². The van der Waals surface area contributed by atoms with Crippen molar-refractivity contribution in [3.63, 3.8) is 0 Å². The Morgan fingerprint density at radius 3 is 2.68 bits per heavy atom. The number of nitrogens with zero attached hydrogens (tertiary/aromatic N) is 3. The summed E-state index contributed by atoms with van der Waals surface area (Å²) in [5, 5.41) is 7.70. The van der Waals surface area contributed by atoms with Crippen LogP contribution in [0.4, 0.5) is 4.39 Å². The second-order valence-electron chi connectivity index (χ2n) is 5.76. The van der Waals surface area contributed by atoms with Crippen molar-refractivity contribution < 1.29 is 18.7 Å². The smallest absolute Gasteiger partial charge is 0.360 e. The lowest BCUT2D eigenvalue weighted by molar-refractivity contribution is 0.0465. The summed E-state index contributed by atoms with van der Waals surface area (Å²) >= 11 is 0. The second-order valence-corrected chi connectivity index (χ2v) is 5.76. The molecule has 118 valence electrons. The summed E-state index contributed by atoms with van der Waals surface area (Å²) in [6.07, 6.45) is 1.54. The first-order valence-corrected chi connectivity index (χ1v) is 6.73. The number of halogens is 1. The molecule has 0 bridgehead atoms. The quantitative estimate of drug-likeness (QED) is 0.812. The minimum absolute atomic E-state index is 0.00213. The van der Waals surface area contributed by atoms with Gasteiger partial charge in [-0.15, -0.1) is 5.10 Å². The van der Waals surface area contributed by atoms with Crippen molar-refractivity contribution in [1.82, 2.24) is 15.0 Å². The van der Waals surface area contributed by atoms with Gasteiger partial charge >= 0.3 is 5.97 Å². The summed E-state index contributed by atoms with van der Waals surface area (Å²) in [6, 6.07) is 4.27. The number of carbonyl (C=O) groups excluding carboxylic acids is 1. The molecule has 22 heavy (non-hydrogen) atoms. The molecule has 1 aromatic carbocycles. The van der Waals surface area contributed by atoms with E-state index in [1.165, 1.54) is 31.5 Å². The number of benzene rings is 1. The number of methoxy groups -OCH3 is 1. The van der Waals surface area contributed by atoms with Crippen LogP contribution in [-0.4, -0.2) is 28.1 Å². The number of esters is 1. The minimum atomic E-state index is -0.584. The van der Waals surface area contributed by atoms with Crippen LogP contribution in [0.2, 0.25) is 0 Å². The molecule has 2 aromatic rings. The van der Waals surface area contributed by atoms with Gasteiger partial charge in [0.15, 0.2) is 17.3 Å². The van der Waals surface area contributed by atoms with Gasteiger partial charge in [0.2, 0.25) is 0 Å². The van der Waals surface area contributed by atoms with Gasteiger partial charge in [-0.3, -0.25) is 0 Å². The van der Waals surface area contributed by atoms with Crippen LogP contribution in [-0.2, 0) is 16.9 Å². The van der Waals surface area contributed by atoms with Crippen molar-refractivity contribution in [2.75, 3.05) is 7.11 Å². The van der Waals surface area contributed by atoms with Gasteiger partial charge in [-0.05, 0) is 38.5 Å². The Morgan fingerprint density at radius 2 is 2.09 bits per heavy atom. The van der Waals surface area contributed by atoms with Gasteiger partial charge in [-0.25, -0.2) is 13.9 Å². The zero-order valence-corrected chi connectivity index (χ0v) is 13.0. The first-order chi connectivity index (χ1) is 10.3. The number of hydrogen-bond donors (Lipinski definition) is 0. The largest absolute Gasteiger partial charge is 0.494 e. The first-order valence-electron chi connectivity index (χ1n) is 6.73. The minimum Gasteiger partial charge on any atom is -0.494 e. The number of ether oxygens (including phenoxy) is 2. The van der Waals surface area contributed by atoms with E-state index >= 15 is 0 Å². The van der Waals surface area contributed by atoms with Crippen molar-refractivity contribution in [3.05, 3.63) is 41.5 Å². The molecular formula is C15H18FN3O3. The molecule has 1 aromatic heterocycles. The summed E-state index contributed by atoms with van der Waals surface area (Å²) in [7, 11) is 1.37. The standard InChI is InChI=1S/C15H18FN3O3/c1-15(2,3)19-8-12(17-18-19)14(20)22-9-10-5-6-11(16)13(7-10)21-4/h5-8H,9H2,1-4H3. The maximum Gasteiger partial charge on any atom is 0.360 e. The molecule has 6 nitrogen and oxygen atoms in total. The normalized spacial score (nSPS) is 11.3. The van der Waals surface area contributed by atoms with Gasteiger partial charge in [0.05, 0.1) is 18.8 Å². The Labute approximate surface area is 127 Å². The average molecular weight is 307 g/mol. The second kappa shape index (κ2) is 6.13. The number of rotatable bonds is 4. The molecule has 0 spiro atoms. The Bertz CT molecular complexity index is 677. The van der Waals surface area contributed by atoms with Crippen molar-refractivity contribution >= 4 is 5.97 Å². The van der Waals surface area contributed by atoms with Crippen molar-refractivity contribution in [2.24, 2.45) is 0 Å². The molecule has 0 saturated heterocycles. The Kier molecular flexibility index (Phi) is 4.44. The molecule has 0 radical (unpaired) electrons. The van der Waals surface area contributed by atoms with Crippen molar-refractivity contribution in [1.29, 1.82) is 0 Å². The average Bonchev–Trinajstić information content (AvgIpc) is 2.96. The number of aromatic nitrogens is 3. The Hall–Kier alpha value is -2.44. The van der Waals surface area contributed by atoms with E-state index in [1.807, 2.05) is 20.8 Å². The highest BCUT2D eigenvalue weighted by molar-refractivity contribution is 5.86. The molecule has 0 aliphatic carbocycles. The van der Waals surface area contributed by atoms with Crippen LogP contribution in [0.15, 0.2) is 24.4 Å². The van der Waals surface area contributed by atoms with E-state index in [0.717, 1.165) is 0 Å². The fourth-order valence-electron chi connectivity index (χ4n) is 1.70. The van der Waals surface area contributed by atoms with Crippen LogP contribution in [0.1, 0.15) is 36.8 Å². The van der Waals surface area contributed by atoms with Crippen LogP contribution in [0.5, 0.6) is 5.75 Å². The lowest BCUT2D eigenvalue weighted by Gasteiger charge is -2.17. The van der Waals surface area contributed by atoms with Crippen molar-refractivity contribution in [2.45, 2.75) is 32.9 Å². The molecule has 0 fully saturated rings. The topological polar surface area (TPSA) is 66.2 Å². The third-order valence-electron chi connectivity index (χ3n) is 2.98. The first kappa shape index (κ1) is 15.9. The van der Waals surface area contributed by atoms with Gasteiger partial charge in [0.1, 0.15) is 6.61 Å². The third-order valence-corrected chi connectivity index (χ3v) is 2.98. The van der Waals surface area contributed by atoms with Crippen LogP contribution in [0.3, 0.4) is 0 Å². The van der Waals surface area contributed by atoms with Gasteiger partial charge in [-0.1, -0.05) is 11.3 Å². The van der Waals surface area contributed by atoms with E-state index in [4.69, 9.17) is 9.47 Å². The SMILES string of the molecule is COc1cc(COC(=O)c2cn(C(C)(C)C)nn2)ccc1F. The summed E-state index contributed by atoms with van der Waals surface area (Å²) < 4.78 is 24.9. The summed E-state index contributed by atoms with van der Waals surface area (Å²) in [5.74, 6) is -0.947. The van der Waals surface area contributed by atoms with Crippen LogP contribution in [0, 0.1) is 5.82 Å². The molecule has 0 atom stereocenters. The molecule has 0 aliphatic heterocycles.